The fourth-order valence-electron chi connectivity index (χ4n) is 2.33. The van der Waals surface area contributed by atoms with Crippen molar-refractivity contribution in [3.63, 3.8) is 0 Å². The minimum atomic E-state index is -0.648. The third-order valence-corrected chi connectivity index (χ3v) is 4.72. The van der Waals surface area contributed by atoms with Gasteiger partial charge in [-0.15, -0.1) is 0 Å². The highest BCUT2D eigenvalue weighted by molar-refractivity contribution is 7.19. The highest BCUT2D eigenvalue weighted by Gasteiger charge is 2.21. The Morgan fingerprint density at radius 3 is 2.64 bits per heavy atom. The lowest BCUT2D eigenvalue weighted by atomic mass is 10.1. The van der Waals surface area contributed by atoms with Gasteiger partial charge in [-0.2, -0.15) is 0 Å². The molecule has 2 heterocycles. The summed E-state index contributed by atoms with van der Waals surface area (Å²) in [7, 11) is 2.70. The summed E-state index contributed by atoms with van der Waals surface area (Å²) in [6.45, 7) is 0. The van der Waals surface area contributed by atoms with Crippen molar-refractivity contribution < 1.29 is 28.0 Å². The number of carbonyl (C=O) groups is 2. The van der Waals surface area contributed by atoms with Crippen LogP contribution in [-0.4, -0.2) is 36.2 Å². The average Bonchev–Trinajstić information content (AvgIpc) is 3.33. The van der Waals surface area contributed by atoms with E-state index in [1.54, 1.807) is 6.07 Å². The molecule has 0 aliphatic heterocycles. The van der Waals surface area contributed by atoms with Crippen LogP contribution >= 0.6 is 11.3 Å². The molecule has 0 unspecified atom stereocenters. The maximum atomic E-state index is 13.2. The van der Waals surface area contributed by atoms with Gasteiger partial charge in [-0.3, -0.25) is 4.79 Å². The smallest absolute Gasteiger partial charge is 0.358 e. The standard InChI is InChI=1S/C18H16FN3O5S/c1-25-14-9-12(27-22-14)7-8-13(23)20-18-21-15(17(24)26-2)16(28-18)10-3-5-11(19)6-4-10/h3-6,9H,7-8H2,1-2H3,(H,20,21,23). The molecule has 3 aromatic rings. The summed E-state index contributed by atoms with van der Waals surface area (Å²) in [5.41, 5.74) is 0.642. The van der Waals surface area contributed by atoms with Crippen LogP contribution < -0.4 is 10.1 Å². The highest BCUT2D eigenvalue weighted by atomic mass is 32.1. The number of halogens is 1. The van der Waals surface area contributed by atoms with Crippen LogP contribution in [0.4, 0.5) is 9.52 Å². The molecule has 0 bridgehead atoms. The van der Waals surface area contributed by atoms with Crippen molar-refractivity contribution in [2.75, 3.05) is 19.5 Å². The Balaban J connectivity index is 1.73. The average molecular weight is 405 g/mol. The van der Waals surface area contributed by atoms with E-state index in [4.69, 9.17) is 14.0 Å². The van der Waals surface area contributed by atoms with E-state index in [-0.39, 0.29) is 23.2 Å². The summed E-state index contributed by atoms with van der Waals surface area (Å²) in [5.74, 6) is -0.517. The number of anilines is 1. The third-order valence-electron chi connectivity index (χ3n) is 3.70. The number of esters is 1. The van der Waals surface area contributed by atoms with Crippen LogP contribution in [0.15, 0.2) is 34.9 Å². The summed E-state index contributed by atoms with van der Waals surface area (Å²) >= 11 is 1.10. The Labute approximate surface area is 163 Å². The molecular weight excluding hydrogens is 389 g/mol. The van der Waals surface area contributed by atoms with E-state index in [0.717, 1.165) is 11.3 Å². The zero-order chi connectivity index (χ0) is 20.1. The number of carbonyl (C=O) groups excluding carboxylic acids is 2. The van der Waals surface area contributed by atoms with E-state index < -0.39 is 11.8 Å². The van der Waals surface area contributed by atoms with E-state index in [9.17, 15) is 14.0 Å². The predicted molar refractivity (Wildman–Crippen MR) is 98.9 cm³/mol. The number of aryl methyl sites for hydroxylation is 1. The molecule has 0 atom stereocenters. The summed E-state index contributed by atoms with van der Waals surface area (Å²) in [6, 6.07) is 7.20. The van der Waals surface area contributed by atoms with Crippen molar-refractivity contribution in [1.29, 1.82) is 0 Å². The molecule has 3 rings (SSSR count). The number of benzene rings is 1. The van der Waals surface area contributed by atoms with Gasteiger partial charge in [-0.05, 0) is 22.9 Å². The van der Waals surface area contributed by atoms with Crippen LogP contribution in [0.3, 0.4) is 0 Å². The van der Waals surface area contributed by atoms with Gasteiger partial charge in [0.25, 0.3) is 5.88 Å². The lowest BCUT2D eigenvalue weighted by molar-refractivity contribution is -0.116. The van der Waals surface area contributed by atoms with Crippen molar-refractivity contribution in [1.82, 2.24) is 10.1 Å². The molecule has 0 radical (unpaired) electrons. The number of methoxy groups -OCH3 is 2. The number of thiazole rings is 1. The lowest BCUT2D eigenvalue weighted by Gasteiger charge is -2.00. The van der Waals surface area contributed by atoms with Gasteiger partial charge in [0.15, 0.2) is 10.8 Å². The van der Waals surface area contributed by atoms with Gasteiger partial charge in [0.1, 0.15) is 11.6 Å². The SMILES string of the molecule is COC(=O)c1nc(NC(=O)CCc2cc(OC)no2)sc1-c1ccc(F)cc1. The van der Waals surface area contributed by atoms with Crippen LogP contribution in [0.1, 0.15) is 22.7 Å². The Bertz CT molecular complexity index is 984. The quantitative estimate of drug-likeness (QED) is 0.602. The summed E-state index contributed by atoms with van der Waals surface area (Å²) in [6.07, 6.45) is 0.444. The van der Waals surface area contributed by atoms with Crippen molar-refractivity contribution in [3.05, 3.63) is 47.6 Å². The summed E-state index contributed by atoms with van der Waals surface area (Å²) in [5, 5.41) is 6.55. The van der Waals surface area contributed by atoms with Crippen molar-refractivity contribution in [2.24, 2.45) is 0 Å². The number of aromatic nitrogens is 2. The molecule has 1 aromatic carbocycles. The van der Waals surface area contributed by atoms with E-state index in [2.05, 4.69) is 15.5 Å². The Hall–Kier alpha value is -3.27. The normalized spacial score (nSPS) is 10.5. The first-order valence-corrected chi connectivity index (χ1v) is 8.96. The number of nitrogens with one attached hydrogen (secondary N) is 1. The highest BCUT2D eigenvalue weighted by Crippen LogP contribution is 2.33. The first-order chi connectivity index (χ1) is 13.5. The van der Waals surface area contributed by atoms with Crippen molar-refractivity contribution in [3.8, 4) is 16.3 Å². The van der Waals surface area contributed by atoms with E-state index in [0.29, 0.717) is 28.5 Å². The molecule has 1 amide bonds. The van der Waals surface area contributed by atoms with Gasteiger partial charge in [-0.1, -0.05) is 23.5 Å². The van der Waals surface area contributed by atoms with E-state index in [1.807, 2.05) is 0 Å². The van der Waals surface area contributed by atoms with Crippen LogP contribution in [0.5, 0.6) is 5.88 Å². The third kappa shape index (κ3) is 4.52. The molecule has 2 aromatic heterocycles. The second-order valence-electron chi connectivity index (χ2n) is 5.58. The molecule has 0 aliphatic carbocycles. The minimum Gasteiger partial charge on any atom is -0.479 e. The molecule has 0 aliphatic rings. The number of amides is 1. The molecular formula is C18H16FN3O5S. The molecule has 10 heteroatoms. The Kier molecular flexibility index (Phi) is 5.99. The molecule has 1 N–H and O–H groups in total. The molecule has 0 saturated heterocycles. The van der Waals surface area contributed by atoms with Gasteiger partial charge in [0, 0.05) is 18.9 Å². The first kappa shape index (κ1) is 19.5. The van der Waals surface area contributed by atoms with Crippen LogP contribution in [-0.2, 0) is 16.0 Å². The van der Waals surface area contributed by atoms with Crippen LogP contribution in [0.25, 0.3) is 10.4 Å². The predicted octanol–water partition coefficient (Wildman–Crippen LogP) is 3.30. The number of rotatable bonds is 7. The van der Waals surface area contributed by atoms with Crippen LogP contribution in [0, 0.1) is 5.82 Å². The fraction of sp³-hybridized carbons (Fsp3) is 0.222. The topological polar surface area (TPSA) is 104 Å². The Morgan fingerprint density at radius 2 is 2.00 bits per heavy atom. The first-order valence-electron chi connectivity index (χ1n) is 8.14. The second-order valence-corrected chi connectivity index (χ2v) is 6.58. The zero-order valence-electron chi connectivity index (χ0n) is 15.0. The molecule has 0 spiro atoms. The largest absolute Gasteiger partial charge is 0.479 e. The minimum absolute atomic E-state index is 0.0504. The summed E-state index contributed by atoms with van der Waals surface area (Å²) in [4.78, 5) is 28.8. The van der Waals surface area contributed by atoms with E-state index >= 15 is 0 Å². The van der Waals surface area contributed by atoms with Gasteiger partial charge >= 0.3 is 5.97 Å². The van der Waals surface area contributed by atoms with Crippen molar-refractivity contribution >= 4 is 28.3 Å². The maximum absolute atomic E-state index is 13.2. The van der Waals surface area contributed by atoms with Crippen LogP contribution in [0.2, 0.25) is 0 Å². The van der Waals surface area contributed by atoms with Gasteiger partial charge in [-0.25, -0.2) is 14.2 Å². The lowest BCUT2D eigenvalue weighted by Crippen LogP contribution is -2.12. The monoisotopic (exact) mass is 405 g/mol. The van der Waals surface area contributed by atoms with Gasteiger partial charge in [0.2, 0.25) is 5.91 Å². The molecule has 8 nitrogen and oxygen atoms in total. The zero-order valence-corrected chi connectivity index (χ0v) is 15.8. The number of hydrogen-bond acceptors (Lipinski definition) is 8. The van der Waals surface area contributed by atoms with Gasteiger partial charge in [0.05, 0.1) is 19.1 Å². The number of nitrogens with zero attached hydrogens (tertiary/aromatic N) is 2. The van der Waals surface area contributed by atoms with Crippen molar-refractivity contribution in [2.45, 2.75) is 12.8 Å². The molecule has 146 valence electrons. The van der Waals surface area contributed by atoms with E-state index in [1.165, 1.54) is 38.5 Å². The number of hydrogen-bond donors (Lipinski definition) is 1. The van der Waals surface area contributed by atoms with Gasteiger partial charge < -0.3 is 19.3 Å². The molecule has 28 heavy (non-hydrogen) atoms. The summed E-state index contributed by atoms with van der Waals surface area (Å²) < 4.78 is 27.9. The maximum Gasteiger partial charge on any atom is 0.358 e. The molecule has 0 saturated carbocycles. The second kappa shape index (κ2) is 8.61. The Morgan fingerprint density at radius 1 is 1.25 bits per heavy atom. The molecule has 0 fully saturated rings. The number of ether oxygens (including phenoxy) is 2. The fourth-order valence-corrected chi connectivity index (χ4v) is 3.31.